The summed E-state index contributed by atoms with van der Waals surface area (Å²) in [7, 11) is 3.75. The SMILES string of the molecule is CNCC(C)(C)CN1CCN(c2cccc(OC)c2)CC1. The first-order valence-electron chi connectivity index (χ1n) is 7.80. The van der Waals surface area contributed by atoms with Gasteiger partial charge in [0.25, 0.3) is 0 Å². The van der Waals surface area contributed by atoms with Gasteiger partial charge in [-0.25, -0.2) is 0 Å². The Kier molecular flexibility index (Phi) is 5.48. The van der Waals surface area contributed by atoms with Crippen LogP contribution in [-0.4, -0.2) is 58.3 Å². The van der Waals surface area contributed by atoms with Gasteiger partial charge in [0.05, 0.1) is 7.11 Å². The maximum Gasteiger partial charge on any atom is 0.120 e. The number of anilines is 1. The molecule has 1 fully saturated rings. The molecular weight excluding hydrogens is 262 g/mol. The highest BCUT2D eigenvalue weighted by atomic mass is 16.5. The molecule has 4 nitrogen and oxygen atoms in total. The van der Waals surface area contributed by atoms with E-state index in [1.165, 1.54) is 5.69 Å². The van der Waals surface area contributed by atoms with E-state index in [-0.39, 0.29) is 0 Å². The van der Waals surface area contributed by atoms with Crippen molar-refractivity contribution >= 4 is 5.69 Å². The summed E-state index contributed by atoms with van der Waals surface area (Å²) in [5, 5.41) is 3.29. The number of piperazine rings is 1. The van der Waals surface area contributed by atoms with Gasteiger partial charge in [-0.3, -0.25) is 4.90 Å². The Morgan fingerprint density at radius 2 is 1.90 bits per heavy atom. The second-order valence-corrected chi connectivity index (χ2v) is 6.66. The van der Waals surface area contributed by atoms with Crippen molar-refractivity contribution in [3.8, 4) is 5.75 Å². The van der Waals surface area contributed by atoms with Gasteiger partial charge in [0.1, 0.15) is 5.75 Å². The van der Waals surface area contributed by atoms with Crippen molar-refractivity contribution in [2.75, 3.05) is 58.3 Å². The molecule has 1 aliphatic heterocycles. The molecule has 2 rings (SSSR count). The van der Waals surface area contributed by atoms with Crippen LogP contribution in [0.25, 0.3) is 0 Å². The first-order valence-corrected chi connectivity index (χ1v) is 7.80. The van der Waals surface area contributed by atoms with Crippen molar-refractivity contribution < 1.29 is 4.74 Å². The van der Waals surface area contributed by atoms with E-state index in [9.17, 15) is 0 Å². The van der Waals surface area contributed by atoms with Gasteiger partial charge in [-0.2, -0.15) is 0 Å². The molecule has 1 saturated heterocycles. The predicted octanol–water partition coefficient (Wildman–Crippen LogP) is 2.06. The first-order chi connectivity index (χ1) is 10.0. The molecule has 0 radical (unpaired) electrons. The summed E-state index contributed by atoms with van der Waals surface area (Å²) in [6.45, 7) is 11.3. The van der Waals surface area contributed by atoms with Crippen LogP contribution in [0.15, 0.2) is 24.3 Å². The lowest BCUT2D eigenvalue weighted by Crippen LogP contribution is -2.50. The number of rotatable bonds is 6. The fourth-order valence-corrected chi connectivity index (χ4v) is 3.11. The van der Waals surface area contributed by atoms with Crippen LogP contribution in [0.3, 0.4) is 0 Å². The minimum absolute atomic E-state index is 0.326. The zero-order valence-electron chi connectivity index (χ0n) is 13.9. The second kappa shape index (κ2) is 7.14. The Balaban J connectivity index is 1.88. The maximum atomic E-state index is 5.32. The summed E-state index contributed by atoms with van der Waals surface area (Å²) < 4.78 is 5.32. The molecule has 0 bridgehead atoms. The van der Waals surface area contributed by atoms with E-state index < -0.39 is 0 Å². The largest absolute Gasteiger partial charge is 0.497 e. The minimum Gasteiger partial charge on any atom is -0.497 e. The van der Waals surface area contributed by atoms with Crippen LogP contribution in [-0.2, 0) is 0 Å². The lowest BCUT2D eigenvalue weighted by molar-refractivity contribution is 0.168. The Bertz CT molecular complexity index is 439. The number of hydrogen-bond donors (Lipinski definition) is 1. The van der Waals surface area contributed by atoms with Gasteiger partial charge >= 0.3 is 0 Å². The van der Waals surface area contributed by atoms with E-state index in [0.717, 1.165) is 45.0 Å². The van der Waals surface area contributed by atoms with E-state index in [0.29, 0.717) is 5.41 Å². The van der Waals surface area contributed by atoms with Gasteiger partial charge in [-0.1, -0.05) is 19.9 Å². The molecule has 0 atom stereocenters. The van der Waals surface area contributed by atoms with Gasteiger partial charge in [0.15, 0.2) is 0 Å². The lowest BCUT2D eigenvalue weighted by atomic mass is 9.92. The van der Waals surface area contributed by atoms with Crippen molar-refractivity contribution in [2.45, 2.75) is 13.8 Å². The maximum absolute atomic E-state index is 5.32. The van der Waals surface area contributed by atoms with Crippen LogP contribution in [0.5, 0.6) is 5.75 Å². The van der Waals surface area contributed by atoms with E-state index in [1.807, 2.05) is 13.1 Å². The molecule has 1 heterocycles. The number of methoxy groups -OCH3 is 1. The molecule has 1 aromatic carbocycles. The summed E-state index contributed by atoms with van der Waals surface area (Å²) in [5.74, 6) is 0.935. The zero-order chi connectivity index (χ0) is 15.3. The third kappa shape index (κ3) is 4.61. The number of benzene rings is 1. The third-order valence-corrected chi connectivity index (χ3v) is 4.10. The highest BCUT2D eigenvalue weighted by molar-refractivity contribution is 5.51. The topological polar surface area (TPSA) is 27.7 Å². The van der Waals surface area contributed by atoms with Crippen LogP contribution >= 0.6 is 0 Å². The molecule has 21 heavy (non-hydrogen) atoms. The van der Waals surface area contributed by atoms with Crippen molar-refractivity contribution in [3.05, 3.63) is 24.3 Å². The Morgan fingerprint density at radius 1 is 1.19 bits per heavy atom. The minimum atomic E-state index is 0.326. The van der Waals surface area contributed by atoms with Crippen LogP contribution < -0.4 is 15.0 Å². The number of hydrogen-bond acceptors (Lipinski definition) is 4. The van der Waals surface area contributed by atoms with Crippen molar-refractivity contribution in [1.82, 2.24) is 10.2 Å². The highest BCUT2D eigenvalue weighted by Crippen LogP contribution is 2.23. The molecule has 118 valence electrons. The summed E-state index contributed by atoms with van der Waals surface area (Å²) in [5.41, 5.74) is 1.59. The van der Waals surface area contributed by atoms with Crippen LogP contribution in [0.2, 0.25) is 0 Å². The standard InChI is InChI=1S/C17H29N3O/c1-17(2,13-18-3)14-19-8-10-20(11-9-19)15-6-5-7-16(12-15)21-4/h5-7,12,18H,8-11,13-14H2,1-4H3. The van der Waals surface area contributed by atoms with Crippen molar-refractivity contribution in [3.63, 3.8) is 0 Å². The van der Waals surface area contributed by atoms with Crippen LogP contribution in [0.4, 0.5) is 5.69 Å². The second-order valence-electron chi connectivity index (χ2n) is 6.66. The quantitative estimate of drug-likeness (QED) is 0.868. The molecule has 0 aliphatic carbocycles. The monoisotopic (exact) mass is 291 g/mol. The number of nitrogens with zero attached hydrogens (tertiary/aromatic N) is 2. The molecule has 4 heteroatoms. The van der Waals surface area contributed by atoms with Gasteiger partial charge in [-0.05, 0) is 24.6 Å². The zero-order valence-corrected chi connectivity index (χ0v) is 13.9. The Hall–Kier alpha value is -1.26. The van der Waals surface area contributed by atoms with E-state index in [2.05, 4.69) is 47.2 Å². The Morgan fingerprint density at radius 3 is 2.52 bits per heavy atom. The molecule has 0 spiro atoms. The van der Waals surface area contributed by atoms with E-state index in [4.69, 9.17) is 4.74 Å². The molecule has 0 amide bonds. The number of nitrogens with one attached hydrogen (secondary N) is 1. The highest BCUT2D eigenvalue weighted by Gasteiger charge is 2.24. The summed E-state index contributed by atoms with van der Waals surface area (Å²) in [4.78, 5) is 5.03. The van der Waals surface area contributed by atoms with Crippen molar-refractivity contribution in [1.29, 1.82) is 0 Å². The van der Waals surface area contributed by atoms with Gasteiger partial charge in [0, 0.05) is 51.0 Å². The fourth-order valence-electron chi connectivity index (χ4n) is 3.11. The fraction of sp³-hybridized carbons (Fsp3) is 0.647. The first kappa shape index (κ1) is 16.1. The molecule has 1 aromatic rings. The predicted molar refractivity (Wildman–Crippen MR) is 89.4 cm³/mol. The Labute approximate surface area is 129 Å². The summed E-state index contributed by atoms with van der Waals surface area (Å²) >= 11 is 0. The van der Waals surface area contributed by atoms with Crippen LogP contribution in [0.1, 0.15) is 13.8 Å². The van der Waals surface area contributed by atoms with Crippen molar-refractivity contribution in [2.24, 2.45) is 5.41 Å². The molecule has 0 saturated carbocycles. The van der Waals surface area contributed by atoms with Gasteiger partial charge in [0.2, 0.25) is 0 Å². The molecule has 1 N–H and O–H groups in total. The average molecular weight is 291 g/mol. The average Bonchev–Trinajstić information content (AvgIpc) is 2.47. The normalized spacial score (nSPS) is 17.0. The summed E-state index contributed by atoms with van der Waals surface area (Å²) in [6.07, 6.45) is 0. The lowest BCUT2D eigenvalue weighted by Gasteiger charge is -2.39. The van der Waals surface area contributed by atoms with Gasteiger partial charge < -0.3 is 15.0 Å². The third-order valence-electron chi connectivity index (χ3n) is 4.10. The van der Waals surface area contributed by atoms with Gasteiger partial charge in [-0.15, -0.1) is 0 Å². The molecule has 1 aliphatic rings. The van der Waals surface area contributed by atoms with E-state index >= 15 is 0 Å². The van der Waals surface area contributed by atoms with Crippen LogP contribution in [0, 0.1) is 5.41 Å². The summed E-state index contributed by atoms with van der Waals surface area (Å²) in [6, 6.07) is 8.36. The molecular formula is C17H29N3O. The molecule has 0 unspecified atom stereocenters. The van der Waals surface area contributed by atoms with E-state index in [1.54, 1.807) is 7.11 Å². The number of ether oxygens (including phenoxy) is 1. The smallest absolute Gasteiger partial charge is 0.120 e. The molecule has 0 aromatic heterocycles.